The summed E-state index contributed by atoms with van der Waals surface area (Å²) in [5.41, 5.74) is 1.01. The van der Waals surface area contributed by atoms with Crippen LogP contribution < -0.4 is 10.1 Å². The smallest absolute Gasteiger partial charge is 0.317 e. The fourth-order valence-electron chi connectivity index (χ4n) is 2.45. The van der Waals surface area contributed by atoms with Gasteiger partial charge in [-0.1, -0.05) is 18.2 Å². The van der Waals surface area contributed by atoms with E-state index in [0.717, 1.165) is 11.3 Å². The van der Waals surface area contributed by atoms with Crippen LogP contribution in [-0.2, 0) is 4.79 Å². The third-order valence-electron chi connectivity index (χ3n) is 3.78. The molecule has 6 nitrogen and oxygen atoms in total. The molecule has 0 bridgehead atoms. The molecule has 3 amide bonds. The number of nitrogens with one attached hydrogen (secondary N) is 1. The van der Waals surface area contributed by atoms with Gasteiger partial charge in [0.1, 0.15) is 5.75 Å². The van der Waals surface area contributed by atoms with Crippen LogP contribution in [0.3, 0.4) is 0 Å². The van der Waals surface area contributed by atoms with E-state index in [-0.39, 0.29) is 24.6 Å². The Balaban J connectivity index is 1.77. The number of urea groups is 1. The molecule has 1 fully saturated rings. The lowest BCUT2D eigenvalue weighted by molar-refractivity contribution is -0.134. The number of carbonyl (C=O) groups excluding carboxylic acids is 2. The molecule has 2 rings (SSSR count). The summed E-state index contributed by atoms with van der Waals surface area (Å²) in [7, 11) is 0. The lowest BCUT2D eigenvalue weighted by Crippen LogP contribution is -2.54. The van der Waals surface area contributed by atoms with Crippen LogP contribution in [-0.4, -0.2) is 60.6 Å². The zero-order valence-corrected chi connectivity index (χ0v) is 14.0. The molecule has 0 radical (unpaired) electrons. The van der Waals surface area contributed by atoms with Crippen molar-refractivity contribution < 1.29 is 14.3 Å². The first kappa shape index (κ1) is 17.1. The number of amides is 3. The molecule has 1 aromatic carbocycles. The molecular formula is C17H25N3O3. The van der Waals surface area contributed by atoms with E-state index in [2.05, 4.69) is 5.32 Å². The Kier molecular flexibility index (Phi) is 5.84. The van der Waals surface area contributed by atoms with Gasteiger partial charge in [-0.25, -0.2) is 4.79 Å². The van der Waals surface area contributed by atoms with Gasteiger partial charge in [0.05, 0.1) is 0 Å². The molecule has 0 spiro atoms. The largest absolute Gasteiger partial charge is 0.484 e. The molecule has 0 atom stereocenters. The molecule has 0 aliphatic carbocycles. The van der Waals surface area contributed by atoms with Gasteiger partial charge in [-0.2, -0.15) is 0 Å². The highest BCUT2D eigenvalue weighted by Crippen LogP contribution is 2.16. The Bertz CT molecular complexity index is 552. The third-order valence-corrected chi connectivity index (χ3v) is 3.78. The predicted molar refractivity (Wildman–Crippen MR) is 88.5 cm³/mol. The molecular weight excluding hydrogens is 294 g/mol. The van der Waals surface area contributed by atoms with Crippen molar-refractivity contribution in [3.63, 3.8) is 0 Å². The molecule has 1 aromatic rings. The molecule has 126 valence electrons. The number of hydrogen-bond acceptors (Lipinski definition) is 3. The summed E-state index contributed by atoms with van der Waals surface area (Å²) >= 11 is 0. The number of nitrogens with zero attached hydrogens (tertiary/aromatic N) is 2. The van der Waals surface area contributed by atoms with Gasteiger partial charge in [-0.3, -0.25) is 4.79 Å². The number of aryl methyl sites for hydroxylation is 1. The maximum absolute atomic E-state index is 12.2. The van der Waals surface area contributed by atoms with Gasteiger partial charge in [-0.15, -0.1) is 0 Å². The van der Waals surface area contributed by atoms with Gasteiger partial charge in [0.25, 0.3) is 5.91 Å². The molecule has 1 heterocycles. The second kappa shape index (κ2) is 7.85. The third kappa shape index (κ3) is 4.87. The van der Waals surface area contributed by atoms with Crippen LogP contribution in [0.25, 0.3) is 0 Å². The fraction of sp³-hybridized carbons (Fsp3) is 0.529. The number of ether oxygens (including phenoxy) is 1. The average Bonchev–Trinajstić information content (AvgIpc) is 2.53. The van der Waals surface area contributed by atoms with Crippen molar-refractivity contribution in [1.82, 2.24) is 15.1 Å². The zero-order chi connectivity index (χ0) is 16.8. The van der Waals surface area contributed by atoms with E-state index in [0.29, 0.717) is 26.2 Å². The van der Waals surface area contributed by atoms with E-state index in [1.54, 1.807) is 9.80 Å². The molecule has 0 saturated carbocycles. The number of para-hydroxylation sites is 1. The molecule has 1 aliphatic rings. The summed E-state index contributed by atoms with van der Waals surface area (Å²) in [6.07, 6.45) is 0. The molecule has 23 heavy (non-hydrogen) atoms. The summed E-state index contributed by atoms with van der Waals surface area (Å²) in [6, 6.07) is 7.68. The highest BCUT2D eigenvalue weighted by molar-refractivity contribution is 5.79. The van der Waals surface area contributed by atoms with Crippen LogP contribution in [0.4, 0.5) is 4.79 Å². The molecule has 1 N–H and O–H groups in total. The van der Waals surface area contributed by atoms with E-state index in [9.17, 15) is 9.59 Å². The van der Waals surface area contributed by atoms with Crippen molar-refractivity contribution in [2.75, 3.05) is 32.8 Å². The molecule has 6 heteroatoms. The second-order valence-electron chi connectivity index (χ2n) is 6.03. The minimum atomic E-state index is -0.0664. The number of carbonyl (C=O) groups is 2. The van der Waals surface area contributed by atoms with Crippen LogP contribution in [0.5, 0.6) is 5.75 Å². The van der Waals surface area contributed by atoms with Crippen LogP contribution in [0, 0.1) is 6.92 Å². The van der Waals surface area contributed by atoms with Crippen molar-refractivity contribution in [3.05, 3.63) is 29.8 Å². The molecule has 1 saturated heterocycles. The quantitative estimate of drug-likeness (QED) is 0.917. The summed E-state index contributed by atoms with van der Waals surface area (Å²) in [4.78, 5) is 27.6. The van der Waals surface area contributed by atoms with Crippen LogP contribution in [0.1, 0.15) is 19.4 Å². The lowest BCUT2D eigenvalue weighted by Gasteiger charge is -2.35. The van der Waals surface area contributed by atoms with E-state index in [4.69, 9.17) is 4.74 Å². The topological polar surface area (TPSA) is 61.9 Å². The van der Waals surface area contributed by atoms with Gasteiger partial charge in [0.15, 0.2) is 6.61 Å². The zero-order valence-electron chi connectivity index (χ0n) is 14.0. The Morgan fingerprint density at radius 3 is 2.35 bits per heavy atom. The lowest BCUT2D eigenvalue weighted by atomic mass is 10.2. The summed E-state index contributed by atoms with van der Waals surface area (Å²) in [5, 5.41) is 2.87. The normalized spacial score (nSPS) is 14.8. The summed E-state index contributed by atoms with van der Waals surface area (Å²) in [6.45, 7) is 8.03. The van der Waals surface area contributed by atoms with Gasteiger partial charge >= 0.3 is 6.03 Å². The van der Waals surface area contributed by atoms with Gasteiger partial charge in [-0.05, 0) is 32.4 Å². The number of benzene rings is 1. The van der Waals surface area contributed by atoms with E-state index in [1.165, 1.54) is 0 Å². The Morgan fingerprint density at radius 2 is 1.74 bits per heavy atom. The van der Waals surface area contributed by atoms with Crippen molar-refractivity contribution in [3.8, 4) is 5.75 Å². The number of piperazine rings is 1. The summed E-state index contributed by atoms with van der Waals surface area (Å²) in [5.74, 6) is 0.688. The highest BCUT2D eigenvalue weighted by atomic mass is 16.5. The van der Waals surface area contributed by atoms with Crippen molar-refractivity contribution >= 4 is 11.9 Å². The minimum absolute atomic E-state index is 0.0308. The minimum Gasteiger partial charge on any atom is -0.484 e. The van der Waals surface area contributed by atoms with Gasteiger partial charge < -0.3 is 19.9 Å². The average molecular weight is 319 g/mol. The first-order valence-electron chi connectivity index (χ1n) is 7.99. The van der Waals surface area contributed by atoms with Crippen LogP contribution in [0.15, 0.2) is 24.3 Å². The van der Waals surface area contributed by atoms with Crippen molar-refractivity contribution in [2.45, 2.75) is 26.8 Å². The van der Waals surface area contributed by atoms with Gasteiger partial charge in [0, 0.05) is 32.2 Å². The van der Waals surface area contributed by atoms with Crippen LogP contribution in [0.2, 0.25) is 0 Å². The van der Waals surface area contributed by atoms with E-state index < -0.39 is 0 Å². The van der Waals surface area contributed by atoms with Crippen LogP contribution >= 0.6 is 0 Å². The second-order valence-corrected chi connectivity index (χ2v) is 6.03. The standard InChI is InChI=1S/C17H25N3O3/c1-13(2)18-17(22)20-10-8-19(9-11-20)16(21)12-23-15-7-5-4-6-14(15)3/h4-7,13H,8-12H2,1-3H3,(H,18,22). The van der Waals surface area contributed by atoms with Crippen molar-refractivity contribution in [2.24, 2.45) is 0 Å². The molecule has 0 aromatic heterocycles. The monoisotopic (exact) mass is 319 g/mol. The first-order valence-corrected chi connectivity index (χ1v) is 7.99. The fourth-order valence-corrected chi connectivity index (χ4v) is 2.45. The van der Waals surface area contributed by atoms with E-state index in [1.807, 2.05) is 45.0 Å². The maximum Gasteiger partial charge on any atom is 0.317 e. The number of hydrogen-bond donors (Lipinski definition) is 1. The number of rotatable bonds is 4. The molecule has 0 unspecified atom stereocenters. The Labute approximate surface area is 137 Å². The predicted octanol–water partition coefficient (Wildman–Crippen LogP) is 1.64. The van der Waals surface area contributed by atoms with Crippen molar-refractivity contribution in [1.29, 1.82) is 0 Å². The maximum atomic E-state index is 12.2. The Hall–Kier alpha value is -2.24. The SMILES string of the molecule is Cc1ccccc1OCC(=O)N1CCN(C(=O)NC(C)C)CC1. The summed E-state index contributed by atoms with van der Waals surface area (Å²) < 4.78 is 5.59. The molecule has 1 aliphatic heterocycles. The highest BCUT2D eigenvalue weighted by Gasteiger charge is 2.24. The Morgan fingerprint density at radius 1 is 1.13 bits per heavy atom. The van der Waals surface area contributed by atoms with E-state index >= 15 is 0 Å². The first-order chi connectivity index (χ1) is 11.0. The van der Waals surface area contributed by atoms with Gasteiger partial charge in [0.2, 0.25) is 0 Å².